The van der Waals surface area contributed by atoms with Gasteiger partial charge in [0.05, 0.1) is 0 Å². The van der Waals surface area contributed by atoms with Gasteiger partial charge in [-0.25, -0.2) is 0 Å². The Morgan fingerprint density at radius 2 is 1.85 bits per heavy atom. The predicted octanol–water partition coefficient (Wildman–Crippen LogP) is 2.84. The number of hydrogen-bond acceptors (Lipinski definition) is 2. The normalized spacial score (nSPS) is 24.1. The van der Waals surface area contributed by atoms with Crippen molar-refractivity contribution in [2.24, 2.45) is 0 Å². The number of rotatable bonds is 2. The molecule has 0 aromatic heterocycles. The van der Waals surface area contributed by atoms with Crippen LogP contribution in [-0.2, 0) is 4.79 Å². The van der Waals surface area contributed by atoms with E-state index in [1.165, 1.54) is 24.0 Å². The molecule has 0 bridgehead atoms. The maximum Gasteiger partial charge on any atom is 0.219 e. The van der Waals surface area contributed by atoms with Crippen molar-refractivity contribution in [2.75, 3.05) is 19.6 Å². The summed E-state index contributed by atoms with van der Waals surface area (Å²) in [5.74, 6) is 0.832. The number of benzene rings is 1. The molecule has 0 saturated carbocycles. The van der Waals surface area contributed by atoms with E-state index in [1.54, 1.807) is 6.92 Å². The third kappa shape index (κ3) is 2.73. The zero-order valence-electron chi connectivity index (χ0n) is 12.3. The second-order valence-corrected chi connectivity index (χ2v) is 6.06. The third-order valence-electron chi connectivity index (χ3n) is 4.81. The number of carbonyl (C=O) groups excluding carboxylic acids is 1. The summed E-state index contributed by atoms with van der Waals surface area (Å²) in [6.45, 7) is 4.64. The fourth-order valence-electron chi connectivity index (χ4n) is 3.66. The molecule has 1 aromatic rings. The monoisotopic (exact) mass is 272 g/mol. The van der Waals surface area contributed by atoms with Crippen LogP contribution in [0.25, 0.3) is 0 Å². The van der Waals surface area contributed by atoms with Crippen molar-refractivity contribution in [3.63, 3.8) is 0 Å². The molecule has 1 aromatic carbocycles. The standard InChI is InChI=1S/C17H24N2O/c1-13(20)19-11-8-14(9-12-19)15-5-2-3-6-16(15)17-7-4-10-18-17/h2-3,5-6,14,17-18H,4,7-12H2,1H3/t17-/m1/s1. The molecule has 1 amide bonds. The average molecular weight is 272 g/mol. The minimum absolute atomic E-state index is 0.217. The Labute approximate surface area is 121 Å². The van der Waals surface area contributed by atoms with Crippen LogP contribution in [0, 0.1) is 0 Å². The summed E-state index contributed by atoms with van der Waals surface area (Å²) < 4.78 is 0. The predicted molar refractivity (Wildman–Crippen MR) is 80.6 cm³/mol. The summed E-state index contributed by atoms with van der Waals surface area (Å²) in [7, 11) is 0. The minimum atomic E-state index is 0.217. The molecular formula is C17H24N2O. The summed E-state index contributed by atoms with van der Waals surface area (Å²) in [5.41, 5.74) is 3.00. The quantitative estimate of drug-likeness (QED) is 0.898. The molecule has 1 N–H and O–H groups in total. The van der Waals surface area contributed by atoms with E-state index in [0.717, 1.165) is 32.5 Å². The van der Waals surface area contributed by atoms with Gasteiger partial charge in [-0.05, 0) is 49.3 Å². The van der Waals surface area contributed by atoms with Crippen LogP contribution in [0.1, 0.15) is 55.7 Å². The van der Waals surface area contributed by atoms with Crippen LogP contribution in [-0.4, -0.2) is 30.4 Å². The van der Waals surface area contributed by atoms with E-state index in [-0.39, 0.29) is 5.91 Å². The summed E-state index contributed by atoms with van der Waals surface area (Å²) >= 11 is 0. The van der Waals surface area contributed by atoms with E-state index in [4.69, 9.17) is 0 Å². The Morgan fingerprint density at radius 1 is 1.15 bits per heavy atom. The first-order valence-corrected chi connectivity index (χ1v) is 7.83. The zero-order valence-corrected chi connectivity index (χ0v) is 12.3. The fraction of sp³-hybridized carbons (Fsp3) is 0.588. The van der Waals surface area contributed by atoms with E-state index in [2.05, 4.69) is 29.6 Å². The molecule has 2 aliphatic heterocycles. The van der Waals surface area contributed by atoms with Gasteiger partial charge in [0.25, 0.3) is 0 Å². The Bertz CT molecular complexity index is 472. The van der Waals surface area contributed by atoms with Crippen LogP contribution < -0.4 is 5.32 Å². The largest absolute Gasteiger partial charge is 0.343 e. The van der Waals surface area contributed by atoms with E-state index in [9.17, 15) is 4.79 Å². The Balaban J connectivity index is 1.76. The number of amides is 1. The molecule has 2 saturated heterocycles. The maximum atomic E-state index is 11.4. The highest BCUT2D eigenvalue weighted by atomic mass is 16.2. The highest BCUT2D eigenvalue weighted by Gasteiger charge is 2.26. The van der Waals surface area contributed by atoms with Gasteiger partial charge in [0.2, 0.25) is 5.91 Å². The lowest BCUT2D eigenvalue weighted by Gasteiger charge is -2.33. The first-order chi connectivity index (χ1) is 9.75. The Morgan fingerprint density at radius 3 is 2.45 bits per heavy atom. The van der Waals surface area contributed by atoms with Crippen LogP contribution in [0.2, 0.25) is 0 Å². The van der Waals surface area contributed by atoms with Gasteiger partial charge < -0.3 is 10.2 Å². The summed E-state index contributed by atoms with van der Waals surface area (Å²) in [6.07, 6.45) is 4.73. The molecule has 20 heavy (non-hydrogen) atoms. The van der Waals surface area contributed by atoms with Crippen molar-refractivity contribution in [3.8, 4) is 0 Å². The average Bonchev–Trinajstić information content (AvgIpc) is 3.01. The van der Waals surface area contributed by atoms with Crippen molar-refractivity contribution in [2.45, 2.75) is 44.6 Å². The summed E-state index contributed by atoms with van der Waals surface area (Å²) in [5, 5.41) is 3.61. The van der Waals surface area contributed by atoms with Gasteiger partial charge in [-0.1, -0.05) is 24.3 Å². The molecule has 0 unspecified atom stereocenters. The summed E-state index contributed by atoms with van der Waals surface area (Å²) in [6, 6.07) is 9.44. The van der Waals surface area contributed by atoms with E-state index in [1.807, 2.05) is 4.90 Å². The molecule has 0 radical (unpaired) electrons. The van der Waals surface area contributed by atoms with Crippen molar-refractivity contribution in [1.82, 2.24) is 10.2 Å². The lowest BCUT2D eigenvalue weighted by Crippen LogP contribution is -2.36. The van der Waals surface area contributed by atoms with Gasteiger partial charge in [0, 0.05) is 26.1 Å². The molecule has 2 fully saturated rings. The van der Waals surface area contributed by atoms with Gasteiger partial charge in [0.1, 0.15) is 0 Å². The topological polar surface area (TPSA) is 32.3 Å². The molecule has 0 spiro atoms. The van der Waals surface area contributed by atoms with Gasteiger partial charge >= 0.3 is 0 Å². The van der Waals surface area contributed by atoms with Gasteiger partial charge in [-0.3, -0.25) is 4.79 Å². The van der Waals surface area contributed by atoms with Gasteiger partial charge in [0.15, 0.2) is 0 Å². The van der Waals surface area contributed by atoms with Gasteiger partial charge in [-0.2, -0.15) is 0 Å². The number of nitrogens with one attached hydrogen (secondary N) is 1. The van der Waals surface area contributed by atoms with Crippen LogP contribution in [0.4, 0.5) is 0 Å². The molecular weight excluding hydrogens is 248 g/mol. The molecule has 1 atom stereocenters. The third-order valence-corrected chi connectivity index (χ3v) is 4.81. The summed E-state index contributed by atoms with van der Waals surface area (Å²) in [4.78, 5) is 13.4. The van der Waals surface area contributed by atoms with E-state index >= 15 is 0 Å². The molecule has 3 nitrogen and oxygen atoms in total. The molecule has 3 heteroatoms. The zero-order chi connectivity index (χ0) is 13.9. The van der Waals surface area contributed by atoms with Gasteiger partial charge in [-0.15, -0.1) is 0 Å². The second kappa shape index (κ2) is 5.96. The molecule has 3 rings (SSSR count). The lowest BCUT2D eigenvalue weighted by atomic mass is 9.84. The highest BCUT2D eigenvalue weighted by molar-refractivity contribution is 5.73. The molecule has 108 valence electrons. The number of piperidine rings is 1. The minimum Gasteiger partial charge on any atom is -0.343 e. The second-order valence-electron chi connectivity index (χ2n) is 6.06. The molecule has 0 aliphatic carbocycles. The van der Waals surface area contributed by atoms with Crippen molar-refractivity contribution in [3.05, 3.63) is 35.4 Å². The number of hydrogen-bond donors (Lipinski definition) is 1. The smallest absolute Gasteiger partial charge is 0.219 e. The van der Waals surface area contributed by atoms with E-state index < -0.39 is 0 Å². The van der Waals surface area contributed by atoms with Crippen LogP contribution >= 0.6 is 0 Å². The first-order valence-electron chi connectivity index (χ1n) is 7.83. The first kappa shape index (κ1) is 13.6. The number of likely N-dealkylation sites (tertiary alicyclic amines) is 1. The van der Waals surface area contributed by atoms with E-state index in [0.29, 0.717) is 12.0 Å². The van der Waals surface area contributed by atoms with Crippen molar-refractivity contribution < 1.29 is 4.79 Å². The van der Waals surface area contributed by atoms with Crippen LogP contribution in [0.15, 0.2) is 24.3 Å². The molecule has 2 aliphatic rings. The highest BCUT2D eigenvalue weighted by Crippen LogP contribution is 2.35. The van der Waals surface area contributed by atoms with Crippen LogP contribution in [0.3, 0.4) is 0 Å². The SMILES string of the molecule is CC(=O)N1CCC(c2ccccc2[C@H]2CCCN2)CC1. The fourth-order valence-corrected chi connectivity index (χ4v) is 3.66. The Kier molecular flexibility index (Phi) is 4.06. The Hall–Kier alpha value is -1.35. The number of nitrogens with zero attached hydrogens (tertiary/aromatic N) is 1. The van der Waals surface area contributed by atoms with Crippen molar-refractivity contribution >= 4 is 5.91 Å². The van der Waals surface area contributed by atoms with Crippen molar-refractivity contribution in [1.29, 1.82) is 0 Å². The maximum absolute atomic E-state index is 11.4. The van der Waals surface area contributed by atoms with Crippen LogP contribution in [0.5, 0.6) is 0 Å². The molecule has 2 heterocycles. The lowest BCUT2D eigenvalue weighted by molar-refractivity contribution is -0.129. The number of carbonyl (C=O) groups is 1.